The van der Waals surface area contributed by atoms with Crippen LogP contribution < -0.4 is 0 Å². The van der Waals surface area contributed by atoms with Crippen LogP contribution in [-0.4, -0.2) is 65.3 Å². The van der Waals surface area contributed by atoms with Crippen LogP contribution in [0.25, 0.3) is 11.4 Å². The Labute approximate surface area is 181 Å². The van der Waals surface area contributed by atoms with Crippen LogP contribution in [0.3, 0.4) is 0 Å². The van der Waals surface area contributed by atoms with Crippen molar-refractivity contribution in [3.8, 4) is 11.4 Å². The Hall–Kier alpha value is -1.75. The average molecular weight is 451 g/mol. The van der Waals surface area contributed by atoms with E-state index in [-0.39, 0.29) is 16.7 Å². The normalized spacial score (nSPS) is 18.7. The van der Waals surface area contributed by atoms with Crippen molar-refractivity contribution in [3.63, 3.8) is 0 Å². The molecule has 0 amide bonds. The number of ether oxygens (including phenoxy) is 1. The van der Waals surface area contributed by atoms with Crippen LogP contribution in [0, 0.1) is 0 Å². The van der Waals surface area contributed by atoms with Gasteiger partial charge in [-0.2, -0.15) is 4.31 Å². The maximum Gasteiger partial charge on any atom is 0.243 e. The van der Waals surface area contributed by atoms with Crippen molar-refractivity contribution in [2.75, 3.05) is 32.1 Å². The molecule has 0 bridgehead atoms. The summed E-state index contributed by atoms with van der Waals surface area (Å²) in [4.78, 5) is 11.7. The molecule has 1 saturated carbocycles. The van der Waals surface area contributed by atoms with Crippen LogP contribution in [0.15, 0.2) is 34.3 Å². The SMILES string of the molecule is CC(=O)CSc1nnc(-c2cccc(S(=O)(=O)N3CCOCC3)c2)n1C1CCCC1. The molecular formula is C20H26N4O4S2. The summed E-state index contributed by atoms with van der Waals surface area (Å²) in [6, 6.07) is 7.19. The smallest absolute Gasteiger partial charge is 0.243 e. The maximum absolute atomic E-state index is 13.1. The fourth-order valence-corrected chi connectivity index (χ4v) is 6.22. The first-order valence-corrected chi connectivity index (χ1v) is 12.6. The van der Waals surface area contributed by atoms with Gasteiger partial charge in [-0.05, 0) is 31.9 Å². The predicted molar refractivity (Wildman–Crippen MR) is 114 cm³/mol. The molecule has 8 nitrogen and oxygen atoms in total. The van der Waals surface area contributed by atoms with Crippen LogP contribution in [0.2, 0.25) is 0 Å². The number of rotatable bonds is 7. The van der Waals surface area contributed by atoms with Crippen LogP contribution in [0.1, 0.15) is 38.6 Å². The first-order valence-electron chi connectivity index (χ1n) is 10.2. The first-order chi connectivity index (χ1) is 14.5. The minimum atomic E-state index is -3.59. The zero-order chi connectivity index (χ0) is 21.1. The lowest BCUT2D eigenvalue weighted by Crippen LogP contribution is -2.40. The summed E-state index contributed by atoms with van der Waals surface area (Å²) in [5, 5.41) is 9.45. The number of carbonyl (C=O) groups excluding carboxylic acids is 1. The zero-order valence-electron chi connectivity index (χ0n) is 17.0. The lowest BCUT2D eigenvalue weighted by molar-refractivity contribution is -0.114. The van der Waals surface area contributed by atoms with Crippen LogP contribution in [0.5, 0.6) is 0 Å². The summed E-state index contributed by atoms with van der Waals surface area (Å²) in [7, 11) is -3.59. The topological polar surface area (TPSA) is 94.4 Å². The molecule has 30 heavy (non-hydrogen) atoms. The second-order valence-electron chi connectivity index (χ2n) is 7.65. The second kappa shape index (κ2) is 9.17. The van der Waals surface area contributed by atoms with E-state index in [9.17, 15) is 13.2 Å². The molecule has 2 aromatic rings. The highest BCUT2D eigenvalue weighted by Gasteiger charge is 2.28. The van der Waals surface area contributed by atoms with Gasteiger partial charge in [0.15, 0.2) is 11.0 Å². The molecule has 162 valence electrons. The van der Waals surface area contributed by atoms with E-state index in [0.717, 1.165) is 31.2 Å². The molecule has 4 rings (SSSR count). The lowest BCUT2D eigenvalue weighted by Gasteiger charge is -2.26. The van der Waals surface area contributed by atoms with Crippen molar-refractivity contribution in [2.45, 2.75) is 48.7 Å². The Morgan fingerprint density at radius 3 is 2.63 bits per heavy atom. The predicted octanol–water partition coefficient (Wildman–Crippen LogP) is 2.76. The number of aromatic nitrogens is 3. The Balaban J connectivity index is 1.70. The van der Waals surface area contributed by atoms with Gasteiger partial charge in [0.25, 0.3) is 0 Å². The van der Waals surface area contributed by atoms with Crippen molar-refractivity contribution in [2.24, 2.45) is 0 Å². The number of carbonyl (C=O) groups is 1. The highest BCUT2D eigenvalue weighted by molar-refractivity contribution is 7.99. The first kappa shape index (κ1) is 21.5. The highest BCUT2D eigenvalue weighted by Crippen LogP contribution is 2.37. The van der Waals surface area contributed by atoms with Crippen molar-refractivity contribution in [1.82, 2.24) is 19.1 Å². The molecule has 1 aliphatic carbocycles. The Bertz CT molecular complexity index is 1010. The van der Waals surface area contributed by atoms with Crippen LogP contribution in [-0.2, 0) is 19.6 Å². The summed E-state index contributed by atoms with van der Waals surface area (Å²) in [5.74, 6) is 1.09. The molecule has 1 aliphatic heterocycles. The van der Waals surface area contributed by atoms with E-state index in [1.807, 2.05) is 6.07 Å². The van der Waals surface area contributed by atoms with Crippen molar-refractivity contribution < 1.29 is 17.9 Å². The van der Waals surface area contributed by atoms with Crippen molar-refractivity contribution >= 4 is 27.6 Å². The third-order valence-corrected chi connectivity index (χ3v) is 8.44. The average Bonchev–Trinajstić information content (AvgIpc) is 3.42. The van der Waals surface area contributed by atoms with E-state index >= 15 is 0 Å². The van der Waals surface area contributed by atoms with Crippen molar-refractivity contribution in [3.05, 3.63) is 24.3 Å². The summed E-state index contributed by atoms with van der Waals surface area (Å²) < 4.78 is 35.0. The zero-order valence-corrected chi connectivity index (χ0v) is 18.6. The standard InChI is InChI=1S/C20H26N4O4S2/c1-15(25)14-29-20-22-21-19(24(20)17-6-2-3-7-17)16-5-4-8-18(13-16)30(26,27)23-9-11-28-12-10-23/h4-5,8,13,17H,2-3,6-7,9-12,14H2,1H3. The van der Waals surface area contributed by atoms with Gasteiger partial charge in [0.05, 0.1) is 23.9 Å². The highest BCUT2D eigenvalue weighted by atomic mass is 32.2. The van der Waals surface area contributed by atoms with Gasteiger partial charge in [-0.25, -0.2) is 8.42 Å². The quantitative estimate of drug-likeness (QED) is 0.599. The molecule has 0 radical (unpaired) electrons. The molecule has 1 saturated heterocycles. The molecule has 2 fully saturated rings. The molecule has 0 unspecified atom stereocenters. The number of thioether (sulfide) groups is 1. The molecule has 0 atom stereocenters. The number of benzene rings is 1. The van der Waals surface area contributed by atoms with E-state index in [1.54, 1.807) is 25.1 Å². The van der Waals surface area contributed by atoms with E-state index in [2.05, 4.69) is 14.8 Å². The third-order valence-electron chi connectivity index (χ3n) is 5.46. The van der Waals surface area contributed by atoms with Gasteiger partial charge in [0.2, 0.25) is 10.0 Å². The number of Topliss-reactive ketones (excluding diaryl/α,β-unsaturated/α-hetero) is 1. The third kappa shape index (κ3) is 4.46. The Kier molecular flexibility index (Phi) is 6.57. The molecule has 2 aliphatic rings. The number of morpholine rings is 1. The number of hydrogen-bond donors (Lipinski definition) is 0. The van der Waals surface area contributed by atoms with Gasteiger partial charge in [0.1, 0.15) is 5.78 Å². The molecular weight excluding hydrogens is 424 g/mol. The van der Waals surface area contributed by atoms with E-state index < -0.39 is 10.0 Å². The van der Waals surface area contributed by atoms with Crippen LogP contribution in [0.4, 0.5) is 0 Å². The molecule has 2 heterocycles. The summed E-state index contributed by atoms with van der Waals surface area (Å²) in [6.45, 7) is 3.09. The summed E-state index contributed by atoms with van der Waals surface area (Å²) in [6.07, 6.45) is 4.35. The number of ketones is 1. The molecule has 10 heteroatoms. The van der Waals surface area contributed by atoms with E-state index in [1.165, 1.54) is 16.1 Å². The number of nitrogens with zero attached hydrogens (tertiary/aromatic N) is 4. The monoisotopic (exact) mass is 450 g/mol. The number of hydrogen-bond acceptors (Lipinski definition) is 7. The summed E-state index contributed by atoms with van der Waals surface area (Å²) >= 11 is 1.39. The maximum atomic E-state index is 13.1. The van der Waals surface area contributed by atoms with Gasteiger partial charge >= 0.3 is 0 Å². The van der Waals surface area contributed by atoms with Gasteiger partial charge in [-0.1, -0.05) is 36.7 Å². The fraction of sp³-hybridized carbons (Fsp3) is 0.550. The van der Waals surface area contributed by atoms with Crippen LogP contribution >= 0.6 is 11.8 Å². The van der Waals surface area contributed by atoms with E-state index in [4.69, 9.17) is 4.74 Å². The number of sulfonamides is 1. The Morgan fingerprint density at radius 2 is 1.93 bits per heavy atom. The van der Waals surface area contributed by atoms with Gasteiger partial charge in [-0.3, -0.25) is 9.36 Å². The second-order valence-corrected chi connectivity index (χ2v) is 10.5. The Morgan fingerprint density at radius 1 is 1.20 bits per heavy atom. The van der Waals surface area contributed by atoms with E-state index in [0.29, 0.717) is 43.0 Å². The lowest BCUT2D eigenvalue weighted by atomic mass is 10.2. The molecule has 1 aromatic carbocycles. The fourth-order valence-electron chi connectivity index (χ4n) is 3.96. The minimum absolute atomic E-state index is 0.0844. The van der Waals surface area contributed by atoms with Gasteiger partial charge in [0, 0.05) is 24.7 Å². The molecule has 1 aromatic heterocycles. The minimum Gasteiger partial charge on any atom is -0.379 e. The largest absolute Gasteiger partial charge is 0.379 e. The summed E-state index contributed by atoms with van der Waals surface area (Å²) in [5.41, 5.74) is 0.721. The molecule has 0 spiro atoms. The van der Waals surface area contributed by atoms with Gasteiger partial charge in [-0.15, -0.1) is 10.2 Å². The van der Waals surface area contributed by atoms with Crippen molar-refractivity contribution in [1.29, 1.82) is 0 Å². The molecule has 0 N–H and O–H groups in total. The van der Waals surface area contributed by atoms with Gasteiger partial charge < -0.3 is 4.74 Å².